The second-order valence-corrected chi connectivity index (χ2v) is 7.44. The van der Waals surface area contributed by atoms with Gasteiger partial charge in [-0.1, -0.05) is 18.2 Å². The van der Waals surface area contributed by atoms with Crippen molar-refractivity contribution in [3.63, 3.8) is 0 Å². The maximum absolute atomic E-state index is 12.5. The Bertz CT molecular complexity index is 1190. The second kappa shape index (κ2) is 10.1. The normalized spacial score (nSPS) is 11.2. The number of rotatable bonds is 9. The number of amides is 1. The average molecular weight is 431 g/mol. The van der Waals surface area contributed by atoms with Crippen LogP contribution in [0, 0.1) is 0 Å². The summed E-state index contributed by atoms with van der Waals surface area (Å²) in [6, 6.07) is 13.5. The number of carbonyl (C=O) groups is 1. The van der Waals surface area contributed by atoms with Gasteiger partial charge in [0.1, 0.15) is 5.65 Å². The molecule has 4 N–H and O–H groups in total. The van der Waals surface area contributed by atoms with Gasteiger partial charge < -0.3 is 20.5 Å². The SMILES string of the molecule is O=C(Nc1c[nH]c2ncc(-c3cccc(CN(CCO)CCO)c3)cc12)c1cccnc1. The second-order valence-electron chi connectivity index (χ2n) is 7.44. The van der Waals surface area contributed by atoms with Crippen LogP contribution in [0.5, 0.6) is 0 Å². The van der Waals surface area contributed by atoms with E-state index in [1.807, 2.05) is 29.2 Å². The molecule has 1 amide bonds. The molecule has 0 bridgehead atoms. The number of aliphatic hydroxyl groups is 2. The first-order valence-electron chi connectivity index (χ1n) is 10.4. The number of anilines is 1. The van der Waals surface area contributed by atoms with Crippen LogP contribution < -0.4 is 5.32 Å². The van der Waals surface area contributed by atoms with E-state index in [1.54, 1.807) is 30.7 Å². The fourth-order valence-corrected chi connectivity index (χ4v) is 3.62. The Morgan fingerprint density at radius 2 is 1.88 bits per heavy atom. The van der Waals surface area contributed by atoms with E-state index in [0.29, 0.717) is 36.5 Å². The number of nitrogens with one attached hydrogen (secondary N) is 2. The van der Waals surface area contributed by atoms with Gasteiger partial charge in [0.25, 0.3) is 5.91 Å². The summed E-state index contributed by atoms with van der Waals surface area (Å²) in [4.78, 5) is 26.1. The molecule has 0 atom stereocenters. The number of hydrogen-bond donors (Lipinski definition) is 4. The lowest BCUT2D eigenvalue weighted by Crippen LogP contribution is -2.29. The van der Waals surface area contributed by atoms with Crippen molar-refractivity contribution in [1.29, 1.82) is 0 Å². The van der Waals surface area contributed by atoms with E-state index in [4.69, 9.17) is 0 Å². The van der Waals surface area contributed by atoms with Crippen molar-refractivity contribution in [2.24, 2.45) is 0 Å². The van der Waals surface area contributed by atoms with Crippen molar-refractivity contribution in [2.45, 2.75) is 6.54 Å². The van der Waals surface area contributed by atoms with Gasteiger partial charge in [0.05, 0.1) is 24.5 Å². The minimum absolute atomic E-state index is 0.0430. The van der Waals surface area contributed by atoms with Crippen molar-refractivity contribution < 1.29 is 15.0 Å². The number of H-pyrrole nitrogens is 1. The molecule has 0 saturated carbocycles. The first-order chi connectivity index (χ1) is 15.7. The fourth-order valence-electron chi connectivity index (χ4n) is 3.62. The van der Waals surface area contributed by atoms with Gasteiger partial charge >= 0.3 is 0 Å². The van der Waals surface area contributed by atoms with Gasteiger partial charge in [-0.2, -0.15) is 0 Å². The van der Waals surface area contributed by atoms with Crippen LogP contribution in [0.3, 0.4) is 0 Å². The Morgan fingerprint density at radius 3 is 2.62 bits per heavy atom. The third-order valence-electron chi connectivity index (χ3n) is 5.20. The summed E-state index contributed by atoms with van der Waals surface area (Å²) in [5, 5.41) is 22.2. The maximum atomic E-state index is 12.5. The van der Waals surface area contributed by atoms with Crippen molar-refractivity contribution in [1.82, 2.24) is 19.9 Å². The zero-order valence-electron chi connectivity index (χ0n) is 17.5. The van der Waals surface area contributed by atoms with Gasteiger partial charge in [0.15, 0.2) is 0 Å². The molecule has 0 saturated heterocycles. The average Bonchev–Trinajstić information content (AvgIpc) is 3.22. The molecule has 4 rings (SSSR count). The molecule has 4 aromatic rings. The van der Waals surface area contributed by atoms with Crippen molar-refractivity contribution in [3.8, 4) is 11.1 Å². The smallest absolute Gasteiger partial charge is 0.257 e. The summed E-state index contributed by atoms with van der Waals surface area (Å²) in [6.07, 6.45) is 6.67. The molecule has 8 nitrogen and oxygen atoms in total. The van der Waals surface area contributed by atoms with Crippen LogP contribution >= 0.6 is 0 Å². The summed E-state index contributed by atoms with van der Waals surface area (Å²) in [5.74, 6) is -0.237. The number of nitrogens with zero attached hydrogens (tertiary/aromatic N) is 3. The Morgan fingerprint density at radius 1 is 1.03 bits per heavy atom. The Kier molecular flexibility index (Phi) is 6.86. The molecule has 0 fully saturated rings. The van der Waals surface area contributed by atoms with Crippen molar-refractivity contribution in [2.75, 3.05) is 31.6 Å². The number of aromatic nitrogens is 3. The molecule has 0 aliphatic carbocycles. The molecule has 0 aliphatic rings. The maximum Gasteiger partial charge on any atom is 0.257 e. The largest absolute Gasteiger partial charge is 0.395 e. The zero-order valence-corrected chi connectivity index (χ0v) is 17.5. The van der Waals surface area contributed by atoms with Crippen LogP contribution in [0.4, 0.5) is 5.69 Å². The Balaban J connectivity index is 1.59. The molecular formula is C24H25N5O3. The summed E-state index contributed by atoms with van der Waals surface area (Å²) in [6.45, 7) is 1.72. The highest BCUT2D eigenvalue weighted by Crippen LogP contribution is 2.28. The highest BCUT2D eigenvalue weighted by Gasteiger charge is 2.12. The monoisotopic (exact) mass is 431 g/mol. The first kappa shape index (κ1) is 21.6. The molecule has 0 aliphatic heterocycles. The van der Waals surface area contributed by atoms with Gasteiger partial charge in [0, 0.05) is 55.4 Å². The number of pyridine rings is 2. The van der Waals surface area contributed by atoms with Gasteiger partial charge in [-0.05, 0) is 35.4 Å². The third kappa shape index (κ3) is 5.00. The predicted molar refractivity (Wildman–Crippen MR) is 123 cm³/mol. The number of aromatic amines is 1. The minimum Gasteiger partial charge on any atom is -0.395 e. The van der Waals surface area contributed by atoms with Crippen molar-refractivity contribution in [3.05, 3.63) is 78.4 Å². The number of benzene rings is 1. The number of carbonyl (C=O) groups excluding carboxylic acids is 1. The summed E-state index contributed by atoms with van der Waals surface area (Å²) in [7, 11) is 0. The Labute approximate surface area is 185 Å². The molecule has 3 heterocycles. The number of aliphatic hydroxyl groups excluding tert-OH is 2. The van der Waals surface area contributed by atoms with Gasteiger partial charge in [0.2, 0.25) is 0 Å². The summed E-state index contributed by atoms with van der Waals surface area (Å²) in [5.41, 5.74) is 4.81. The van der Waals surface area contributed by atoms with Crippen LogP contribution in [-0.4, -0.2) is 62.3 Å². The van der Waals surface area contributed by atoms with E-state index >= 15 is 0 Å². The van der Waals surface area contributed by atoms with Gasteiger partial charge in [-0.25, -0.2) is 4.98 Å². The van der Waals surface area contributed by atoms with Gasteiger partial charge in [-0.3, -0.25) is 14.7 Å². The van der Waals surface area contributed by atoms with Gasteiger partial charge in [-0.15, -0.1) is 0 Å². The Hall–Kier alpha value is -3.59. The minimum atomic E-state index is -0.237. The first-order valence-corrected chi connectivity index (χ1v) is 10.4. The molecule has 164 valence electrons. The van der Waals surface area contributed by atoms with Crippen LogP contribution in [0.2, 0.25) is 0 Å². The zero-order chi connectivity index (χ0) is 22.3. The lowest BCUT2D eigenvalue weighted by atomic mass is 10.0. The van der Waals surface area contributed by atoms with Crippen LogP contribution in [0.15, 0.2) is 67.3 Å². The quantitative estimate of drug-likeness (QED) is 0.324. The molecule has 0 spiro atoms. The lowest BCUT2D eigenvalue weighted by Gasteiger charge is -2.20. The molecule has 8 heteroatoms. The van der Waals surface area contributed by atoms with E-state index in [0.717, 1.165) is 22.1 Å². The van der Waals surface area contributed by atoms with Crippen LogP contribution in [0.1, 0.15) is 15.9 Å². The molecule has 0 radical (unpaired) electrons. The highest BCUT2D eigenvalue weighted by atomic mass is 16.3. The van der Waals surface area contributed by atoms with E-state index in [-0.39, 0.29) is 19.1 Å². The number of hydrogen-bond acceptors (Lipinski definition) is 6. The molecule has 1 aromatic carbocycles. The molecule has 32 heavy (non-hydrogen) atoms. The standard InChI is InChI=1S/C24H25N5O3/c30-9-7-29(8-10-31)16-17-3-1-4-18(11-17)20-12-21-22(15-27-23(21)26-14-20)28-24(32)19-5-2-6-25-13-19/h1-6,11-15,30-31H,7-10,16H2,(H,26,27)(H,28,32). The molecular weight excluding hydrogens is 406 g/mol. The van der Waals surface area contributed by atoms with E-state index < -0.39 is 0 Å². The molecule has 3 aromatic heterocycles. The lowest BCUT2D eigenvalue weighted by molar-refractivity contribution is 0.102. The molecule has 0 unspecified atom stereocenters. The van der Waals surface area contributed by atoms with Crippen LogP contribution in [-0.2, 0) is 6.54 Å². The van der Waals surface area contributed by atoms with E-state index in [1.165, 1.54) is 6.20 Å². The van der Waals surface area contributed by atoms with Crippen molar-refractivity contribution >= 4 is 22.6 Å². The fraction of sp³-hybridized carbons (Fsp3) is 0.208. The summed E-state index contributed by atoms with van der Waals surface area (Å²) < 4.78 is 0. The topological polar surface area (TPSA) is 114 Å². The summed E-state index contributed by atoms with van der Waals surface area (Å²) >= 11 is 0. The van der Waals surface area contributed by atoms with E-state index in [2.05, 4.69) is 26.3 Å². The van der Waals surface area contributed by atoms with Crippen LogP contribution in [0.25, 0.3) is 22.2 Å². The third-order valence-corrected chi connectivity index (χ3v) is 5.20. The van der Waals surface area contributed by atoms with E-state index in [9.17, 15) is 15.0 Å². The predicted octanol–water partition coefficient (Wildman–Crippen LogP) is 2.66. The highest BCUT2D eigenvalue weighted by molar-refractivity contribution is 6.08. The number of fused-ring (bicyclic) bond motifs is 1.